The van der Waals surface area contributed by atoms with E-state index in [1.54, 1.807) is 36.4 Å². The SMILES string of the molecule is COC(=O)Cc1ccc(OCc2coc(-c3cccc(F)c3)n2)cc1. The lowest BCUT2D eigenvalue weighted by molar-refractivity contribution is -0.139. The molecule has 0 unspecified atom stereocenters. The number of carbonyl (C=O) groups excluding carboxylic acids is 1. The van der Waals surface area contributed by atoms with Crippen molar-refractivity contribution >= 4 is 5.97 Å². The van der Waals surface area contributed by atoms with Crippen molar-refractivity contribution in [2.24, 2.45) is 0 Å². The number of hydrogen-bond donors (Lipinski definition) is 0. The minimum Gasteiger partial charge on any atom is -0.487 e. The van der Waals surface area contributed by atoms with Gasteiger partial charge in [0.25, 0.3) is 0 Å². The van der Waals surface area contributed by atoms with Crippen LogP contribution in [0.2, 0.25) is 0 Å². The maximum absolute atomic E-state index is 13.2. The molecule has 0 bridgehead atoms. The molecule has 3 aromatic rings. The van der Waals surface area contributed by atoms with E-state index in [4.69, 9.17) is 9.15 Å². The summed E-state index contributed by atoms with van der Waals surface area (Å²) >= 11 is 0. The molecule has 2 aromatic carbocycles. The van der Waals surface area contributed by atoms with E-state index < -0.39 is 0 Å². The Bertz CT molecular complexity index is 858. The zero-order chi connectivity index (χ0) is 17.6. The van der Waals surface area contributed by atoms with E-state index in [1.165, 1.54) is 25.5 Å². The van der Waals surface area contributed by atoms with Gasteiger partial charge in [-0.25, -0.2) is 9.37 Å². The Balaban J connectivity index is 1.60. The first kappa shape index (κ1) is 16.7. The van der Waals surface area contributed by atoms with Crippen LogP contribution < -0.4 is 4.74 Å². The van der Waals surface area contributed by atoms with Crippen molar-refractivity contribution in [3.05, 3.63) is 71.9 Å². The minimum atomic E-state index is -0.347. The second kappa shape index (κ2) is 7.61. The van der Waals surface area contributed by atoms with Crippen molar-refractivity contribution < 1.29 is 23.1 Å². The van der Waals surface area contributed by atoms with Crippen LogP contribution in [0.5, 0.6) is 5.75 Å². The van der Waals surface area contributed by atoms with Gasteiger partial charge in [-0.1, -0.05) is 18.2 Å². The molecule has 0 fully saturated rings. The van der Waals surface area contributed by atoms with E-state index >= 15 is 0 Å². The summed E-state index contributed by atoms with van der Waals surface area (Å²) in [5.41, 5.74) is 2.00. The highest BCUT2D eigenvalue weighted by Crippen LogP contribution is 2.20. The summed E-state index contributed by atoms with van der Waals surface area (Å²) < 4.78 is 28.9. The number of halogens is 1. The van der Waals surface area contributed by atoms with Crippen LogP contribution in [0.3, 0.4) is 0 Å². The van der Waals surface area contributed by atoms with Gasteiger partial charge in [0.2, 0.25) is 5.89 Å². The van der Waals surface area contributed by atoms with Gasteiger partial charge in [-0.3, -0.25) is 4.79 Å². The molecule has 0 atom stereocenters. The van der Waals surface area contributed by atoms with Crippen LogP contribution in [0, 0.1) is 5.82 Å². The van der Waals surface area contributed by atoms with E-state index in [9.17, 15) is 9.18 Å². The summed E-state index contributed by atoms with van der Waals surface area (Å²) in [6.45, 7) is 0.217. The molecule has 6 heteroatoms. The van der Waals surface area contributed by atoms with Crippen LogP contribution in [0.4, 0.5) is 4.39 Å². The van der Waals surface area contributed by atoms with Gasteiger partial charge in [0.05, 0.1) is 13.5 Å². The number of carbonyl (C=O) groups is 1. The number of oxazole rings is 1. The summed E-state index contributed by atoms with van der Waals surface area (Å²) in [6.07, 6.45) is 1.70. The molecule has 0 aliphatic heterocycles. The standard InChI is InChI=1S/C19H16FNO4/c1-23-18(22)9-13-5-7-17(8-6-13)24-11-16-12-25-19(21-16)14-3-2-4-15(20)10-14/h2-8,10,12H,9,11H2,1H3. The van der Waals surface area contributed by atoms with Crippen LogP contribution >= 0.6 is 0 Å². The fourth-order valence-corrected chi connectivity index (χ4v) is 2.23. The van der Waals surface area contributed by atoms with Gasteiger partial charge in [-0.05, 0) is 35.9 Å². The Morgan fingerprint density at radius 3 is 2.72 bits per heavy atom. The van der Waals surface area contributed by atoms with E-state index in [2.05, 4.69) is 9.72 Å². The molecule has 25 heavy (non-hydrogen) atoms. The third-order valence-corrected chi connectivity index (χ3v) is 3.51. The van der Waals surface area contributed by atoms with Gasteiger partial charge >= 0.3 is 5.97 Å². The Labute approximate surface area is 144 Å². The lowest BCUT2D eigenvalue weighted by Crippen LogP contribution is -2.04. The van der Waals surface area contributed by atoms with Gasteiger partial charge in [0.1, 0.15) is 30.1 Å². The van der Waals surface area contributed by atoms with Crippen LogP contribution in [0.25, 0.3) is 11.5 Å². The molecule has 1 heterocycles. The molecule has 0 spiro atoms. The first-order valence-electron chi connectivity index (χ1n) is 7.63. The Morgan fingerprint density at radius 1 is 1.20 bits per heavy atom. The van der Waals surface area contributed by atoms with Crippen molar-refractivity contribution in [1.82, 2.24) is 4.98 Å². The Kier molecular flexibility index (Phi) is 5.09. The largest absolute Gasteiger partial charge is 0.487 e. The first-order valence-corrected chi connectivity index (χ1v) is 7.63. The van der Waals surface area contributed by atoms with Crippen molar-refractivity contribution in [2.75, 3.05) is 7.11 Å². The first-order chi connectivity index (χ1) is 12.1. The molecule has 0 aliphatic carbocycles. The number of hydrogen-bond acceptors (Lipinski definition) is 5. The summed E-state index contributed by atoms with van der Waals surface area (Å²) in [4.78, 5) is 15.5. The maximum Gasteiger partial charge on any atom is 0.309 e. The molecule has 0 saturated heterocycles. The predicted octanol–water partition coefficient (Wildman–Crippen LogP) is 3.78. The predicted molar refractivity (Wildman–Crippen MR) is 88.4 cm³/mol. The third-order valence-electron chi connectivity index (χ3n) is 3.51. The third kappa shape index (κ3) is 4.44. The Hall–Kier alpha value is -3.15. The highest BCUT2D eigenvalue weighted by Gasteiger charge is 2.08. The number of benzene rings is 2. The van der Waals surface area contributed by atoms with Gasteiger partial charge < -0.3 is 13.9 Å². The number of aromatic nitrogens is 1. The summed E-state index contributed by atoms with van der Waals surface area (Å²) in [5, 5.41) is 0. The molecule has 1 aromatic heterocycles. The van der Waals surface area contributed by atoms with Crippen molar-refractivity contribution in [2.45, 2.75) is 13.0 Å². The highest BCUT2D eigenvalue weighted by molar-refractivity contribution is 5.72. The quantitative estimate of drug-likeness (QED) is 0.639. The molecule has 0 amide bonds. The van der Waals surface area contributed by atoms with E-state index in [1.807, 2.05) is 0 Å². The van der Waals surface area contributed by atoms with Crippen molar-refractivity contribution in [3.8, 4) is 17.2 Å². The fraction of sp³-hybridized carbons (Fsp3) is 0.158. The zero-order valence-electron chi connectivity index (χ0n) is 13.6. The molecule has 5 nitrogen and oxygen atoms in total. The molecule has 128 valence electrons. The van der Waals surface area contributed by atoms with E-state index in [0.717, 1.165) is 5.56 Å². The molecule has 3 rings (SSSR count). The Morgan fingerprint density at radius 2 is 2.00 bits per heavy atom. The number of methoxy groups -OCH3 is 1. The molecule has 0 N–H and O–H groups in total. The second-order valence-corrected chi connectivity index (χ2v) is 5.34. The van der Waals surface area contributed by atoms with Crippen molar-refractivity contribution in [1.29, 1.82) is 0 Å². The molecular weight excluding hydrogens is 325 g/mol. The maximum atomic E-state index is 13.2. The monoisotopic (exact) mass is 341 g/mol. The minimum absolute atomic E-state index is 0.217. The smallest absolute Gasteiger partial charge is 0.309 e. The molecule has 0 aliphatic rings. The zero-order valence-corrected chi connectivity index (χ0v) is 13.6. The molecule has 0 saturated carbocycles. The number of esters is 1. The lowest BCUT2D eigenvalue weighted by Gasteiger charge is -2.05. The molecule has 0 radical (unpaired) electrons. The van der Waals surface area contributed by atoms with Crippen LogP contribution in [-0.2, 0) is 22.6 Å². The van der Waals surface area contributed by atoms with Crippen LogP contribution in [0.1, 0.15) is 11.3 Å². The second-order valence-electron chi connectivity index (χ2n) is 5.34. The van der Waals surface area contributed by atoms with Gasteiger partial charge in [0, 0.05) is 5.56 Å². The van der Waals surface area contributed by atoms with Crippen molar-refractivity contribution in [3.63, 3.8) is 0 Å². The highest BCUT2D eigenvalue weighted by atomic mass is 19.1. The number of nitrogens with zero attached hydrogens (tertiary/aromatic N) is 1. The topological polar surface area (TPSA) is 61.6 Å². The van der Waals surface area contributed by atoms with Gasteiger partial charge in [-0.15, -0.1) is 0 Å². The summed E-state index contributed by atoms with van der Waals surface area (Å²) in [7, 11) is 1.36. The fourth-order valence-electron chi connectivity index (χ4n) is 2.23. The normalized spacial score (nSPS) is 10.5. The van der Waals surface area contributed by atoms with E-state index in [0.29, 0.717) is 22.9 Å². The summed E-state index contributed by atoms with van der Waals surface area (Å²) in [5.74, 6) is 0.345. The number of rotatable bonds is 6. The van der Waals surface area contributed by atoms with Gasteiger partial charge in [0.15, 0.2) is 0 Å². The van der Waals surface area contributed by atoms with Gasteiger partial charge in [-0.2, -0.15) is 0 Å². The van der Waals surface area contributed by atoms with Crippen LogP contribution in [-0.4, -0.2) is 18.1 Å². The average Bonchev–Trinajstić information content (AvgIpc) is 3.10. The molecular formula is C19H16FNO4. The van der Waals surface area contributed by atoms with Crippen LogP contribution in [0.15, 0.2) is 59.2 Å². The average molecular weight is 341 g/mol. The number of ether oxygens (including phenoxy) is 2. The van der Waals surface area contributed by atoms with E-state index in [-0.39, 0.29) is 24.8 Å². The lowest BCUT2D eigenvalue weighted by atomic mass is 10.1. The summed E-state index contributed by atoms with van der Waals surface area (Å²) in [6, 6.07) is 13.2.